The van der Waals surface area contributed by atoms with Crippen molar-refractivity contribution in [3.63, 3.8) is 0 Å². The van der Waals surface area contributed by atoms with Gasteiger partial charge in [-0.1, -0.05) is 26.7 Å². The van der Waals surface area contributed by atoms with E-state index in [9.17, 15) is 9.50 Å². The average molecular weight is 226 g/mol. The summed E-state index contributed by atoms with van der Waals surface area (Å²) in [7, 11) is 1.52. The second-order valence-electron chi connectivity index (χ2n) is 3.91. The van der Waals surface area contributed by atoms with Crippen LogP contribution in [0.5, 0.6) is 5.75 Å². The number of methoxy groups -OCH3 is 1. The molecule has 0 saturated carbocycles. The van der Waals surface area contributed by atoms with E-state index in [1.54, 1.807) is 6.07 Å². The van der Waals surface area contributed by atoms with Crippen molar-refractivity contribution in [2.24, 2.45) is 5.92 Å². The van der Waals surface area contributed by atoms with Crippen LogP contribution in [-0.4, -0.2) is 12.2 Å². The van der Waals surface area contributed by atoms with E-state index in [4.69, 9.17) is 4.74 Å². The smallest absolute Gasteiger partial charge is 0.124 e. The fourth-order valence-corrected chi connectivity index (χ4v) is 1.93. The fraction of sp³-hybridized carbons (Fsp3) is 0.538. The normalized spacial score (nSPS) is 12.9. The van der Waals surface area contributed by atoms with Crippen LogP contribution in [0.25, 0.3) is 0 Å². The molecule has 0 amide bonds. The molecule has 0 saturated heterocycles. The molecule has 1 unspecified atom stereocenters. The van der Waals surface area contributed by atoms with Crippen LogP contribution in [-0.2, 0) is 0 Å². The Morgan fingerprint density at radius 1 is 1.31 bits per heavy atom. The van der Waals surface area contributed by atoms with E-state index in [-0.39, 0.29) is 11.7 Å². The van der Waals surface area contributed by atoms with Crippen molar-refractivity contribution in [2.75, 3.05) is 7.11 Å². The number of rotatable bonds is 5. The molecule has 0 radical (unpaired) electrons. The fourth-order valence-electron chi connectivity index (χ4n) is 1.93. The quantitative estimate of drug-likeness (QED) is 0.834. The Kier molecular flexibility index (Phi) is 4.74. The Labute approximate surface area is 96.1 Å². The topological polar surface area (TPSA) is 29.5 Å². The molecule has 0 aliphatic heterocycles. The van der Waals surface area contributed by atoms with E-state index in [2.05, 4.69) is 0 Å². The minimum absolute atomic E-state index is 0.135. The van der Waals surface area contributed by atoms with Gasteiger partial charge in [-0.05, 0) is 24.1 Å². The number of benzene rings is 1. The Bertz CT molecular complexity index is 335. The van der Waals surface area contributed by atoms with E-state index in [0.717, 1.165) is 12.8 Å². The minimum atomic E-state index is -0.666. The molecule has 0 heterocycles. The monoisotopic (exact) mass is 226 g/mol. The van der Waals surface area contributed by atoms with Crippen molar-refractivity contribution < 1.29 is 14.2 Å². The molecule has 0 spiro atoms. The highest BCUT2D eigenvalue weighted by molar-refractivity contribution is 5.36. The zero-order valence-corrected chi connectivity index (χ0v) is 10.0. The summed E-state index contributed by atoms with van der Waals surface area (Å²) in [6.45, 7) is 4.03. The summed E-state index contributed by atoms with van der Waals surface area (Å²) in [6.07, 6.45) is 1.05. The molecule has 0 aromatic heterocycles. The van der Waals surface area contributed by atoms with Crippen LogP contribution in [0.2, 0.25) is 0 Å². The Morgan fingerprint density at radius 3 is 2.44 bits per heavy atom. The van der Waals surface area contributed by atoms with Crippen LogP contribution in [0, 0.1) is 11.7 Å². The highest BCUT2D eigenvalue weighted by atomic mass is 19.1. The number of hydrogen-bond acceptors (Lipinski definition) is 2. The average Bonchev–Trinajstić information content (AvgIpc) is 2.30. The van der Waals surface area contributed by atoms with Gasteiger partial charge in [0.2, 0.25) is 0 Å². The number of aliphatic hydroxyl groups is 1. The standard InChI is InChI=1S/C13H19FO2/c1-4-9(5-2)13(15)11-8-10(14)6-7-12(11)16-3/h6-9,13,15H,4-5H2,1-3H3. The molecule has 0 aliphatic carbocycles. The Balaban J connectivity index is 3.04. The van der Waals surface area contributed by atoms with Crippen LogP contribution in [0.4, 0.5) is 4.39 Å². The molecule has 0 aliphatic rings. The Morgan fingerprint density at radius 2 is 1.94 bits per heavy atom. The van der Waals surface area contributed by atoms with Gasteiger partial charge in [0.15, 0.2) is 0 Å². The molecule has 2 nitrogen and oxygen atoms in total. The maximum atomic E-state index is 13.1. The van der Waals surface area contributed by atoms with E-state index >= 15 is 0 Å². The van der Waals surface area contributed by atoms with Gasteiger partial charge in [-0.2, -0.15) is 0 Å². The molecular formula is C13H19FO2. The lowest BCUT2D eigenvalue weighted by Crippen LogP contribution is -2.12. The lowest BCUT2D eigenvalue weighted by molar-refractivity contribution is 0.100. The molecule has 1 atom stereocenters. The highest BCUT2D eigenvalue weighted by Crippen LogP contribution is 2.33. The van der Waals surface area contributed by atoms with E-state index in [1.807, 2.05) is 13.8 Å². The lowest BCUT2D eigenvalue weighted by Gasteiger charge is -2.22. The van der Waals surface area contributed by atoms with Crippen molar-refractivity contribution in [1.82, 2.24) is 0 Å². The third kappa shape index (κ3) is 2.73. The number of aliphatic hydroxyl groups excluding tert-OH is 1. The van der Waals surface area contributed by atoms with Crippen molar-refractivity contribution in [1.29, 1.82) is 0 Å². The van der Waals surface area contributed by atoms with Crippen LogP contribution >= 0.6 is 0 Å². The maximum absolute atomic E-state index is 13.1. The molecule has 3 heteroatoms. The van der Waals surface area contributed by atoms with Crippen LogP contribution in [0.15, 0.2) is 18.2 Å². The first-order valence-electron chi connectivity index (χ1n) is 5.65. The minimum Gasteiger partial charge on any atom is -0.496 e. The van der Waals surface area contributed by atoms with Gasteiger partial charge in [0.1, 0.15) is 11.6 Å². The van der Waals surface area contributed by atoms with Gasteiger partial charge in [0.05, 0.1) is 13.2 Å². The summed E-state index contributed by atoms with van der Waals surface area (Å²) < 4.78 is 18.3. The number of halogens is 1. The van der Waals surface area contributed by atoms with Gasteiger partial charge in [0.25, 0.3) is 0 Å². The van der Waals surface area contributed by atoms with Crippen molar-refractivity contribution in [2.45, 2.75) is 32.8 Å². The second-order valence-corrected chi connectivity index (χ2v) is 3.91. The summed E-state index contributed by atoms with van der Waals surface area (Å²) in [5.74, 6) is 0.331. The van der Waals surface area contributed by atoms with Crippen molar-refractivity contribution >= 4 is 0 Å². The predicted molar refractivity (Wildman–Crippen MR) is 62.0 cm³/mol. The van der Waals surface area contributed by atoms with Gasteiger partial charge in [-0.15, -0.1) is 0 Å². The lowest BCUT2D eigenvalue weighted by atomic mass is 9.91. The molecule has 1 aromatic carbocycles. The van der Waals surface area contributed by atoms with Gasteiger partial charge >= 0.3 is 0 Å². The largest absolute Gasteiger partial charge is 0.496 e. The van der Waals surface area contributed by atoms with Crippen LogP contribution in [0.1, 0.15) is 38.4 Å². The summed E-state index contributed by atoms with van der Waals surface area (Å²) >= 11 is 0. The molecule has 1 aromatic rings. The summed E-state index contributed by atoms with van der Waals surface area (Å²) in [5.41, 5.74) is 0.538. The third-order valence-corrected chi connectivity index (χ3v) is 3.01. The van der Waals surface area contributed by atoms with Gasteiger partial charge in [0, 0.05) is 5.56 Å². The van der Waals surface area contributed by atoms with Gasteiger partial charge < -0.3 is 9.84 Å². The maximum Gasteiger partial charge on any atom is 0.124 e. The van der Waals surface area contributed by atoms with Crippen LogP contribution in [0.3, 0.4) is 0 Å². The summed E-state index contributed by atoms with van der Waals surface area (Å²) in [5, 5.41) is 10.2. The van der Waals surface area contributed by atoms with E-state index < -0.39 is 6.10 Å². The molecule has 0 fully saturated rings. The molecule has 1 rings (SSSR count). The predicted octanol–water partition coefficient (Wildman–Crippen LogP) is 3.30. The SMILES string of the molecule is CCC(CC)C(O)c1cc(F)ccc1OC. The van der Waals surface area contributed by atoms with Crippen LogP contribution < -0.4 is 4.74 Å². The third-order valence-electron chi connectivity index (χ3n) is 3.01. The molecule has 1 N–H and O–H groups in total. The zero-order chi connectivity index (χ0) is 12.1. The van der Waals surface area contributed by atoms with Crippen molar-refractivity contribution in [3.05, 3.63) is 29.6 Å². The molecule has 0 bridgehead atoms. The Hall–Kier alpha value is -1.09. The molecular weight excluding hydrogens is 207 g/mol. The highest BCUT2D eigenvalue weighted by Gasteiger charge is 2.21. The first-order chi connectivity index (χ1) is 7.63. The summed E-state index contributed by atoms with van der Waals surface area (Å²) in [4.78, 5) is 0. The number of hydrogen-bond donors (Lipinski definition) is 1. The zero-order valence-electron chi connectivity index (χ0n) is 10.0. The number of ether oxygens (including phenoxy) is 1. The second kappa shape index (κ2) is 5.85. The first kappa shape index (κ1) is 13.0. The van der Waals surface area contributed by atoms with Crippen molar-refractivity contribution in [3.8, 4) is 5.75 Å². The first-order valence-corrected chi connectivity index (χ1v) is 5.65. The molecule has 16 heavy (non-hydrogen) atoms. The molecule has 90 valence electrons. The van der Waals surface area contributed by atoms with E-state index in [1.165, 1.54) is 19.2 Å². The summed E-state index contributed by atoms with van der Waals surface area (Å²) in [6, 6.07) is 4.24. The van der Waals surface area contributed by atoms with E-state index in [0.29, 0.717) is 11.3 Å². The van der Waals surface area contributed by atoms with Gasteiger partial charge in [-0.3, -0.25) is 0 Å². The van der Waals surface area contributed by atoms with Gasteiger partial charge in [-0.25, -0.2) is 4.39 Å².